The molecule has 40 valence electrons. The Kier molecular flexibility index (Phi) is 1.58. The summed E-state index contributed by atoms with van der Waals surface area (Å²) in [6, 6.07) is 0. The van der Waals surface area contributed by atoms with E-state index in [1.807, 2.05) is 6.08 Å². The maximum Gasteiger partial charge on any atom is 0.134 e. The highest BCUT2D eigenvalue weighted by Crippen LogP contribution is 2.18. The minimum atomic E-state index is 0.932. The van der Waals surface area contributed by atoms with Gasteiger partial charge in [-0.3, -0.25) is 0 Å². The Hall–Kier alpha value is -0.170. The molecule has 0 amide bonds. The van der Waals surface area contributed by atoms with Crippen molar-refractivity contribution in [2.75, 3.05) is 0 Å². The van der Waals surface area contributed by atoms with Gasteiger partial charge >= 0.3 is 0 Å². The van der Waals surface area contributed by atoms with Crippen LogP contribution in [0.4, 0.5) is 0 Å². The molecule has 0 aromatic rings. The lowest BCUT2D eigenvalue weighted by Gasteiger charge is -1.89. The lowest BCUT2D eigenvalue weighted by molar-refractivity contribution is 0.455. The summed E-state index contributed by atoms with van der Waals surface area (Å²) >= 11 is 5.04. The van der Waals surface area contributed by atoms with Crippen molar-refractivity contribution < 1.29 is 4.29 Å². The van der Waals surface area contributed by atoms with Gasteiger partial charge in [0.15, 0.2) is 0 Å². The molecule has 0 atom stereocenters. The SMILES string of the molecule is ClOC1=CCCC1. The molecule has 0 bridgehead atoms. The van der Waals surface area contributed by atoms with Gasteiger partial charge in [0, 0.05) is 6.42 Å². The molecule has 0 aromatic carbocycles. The summed E-state index contributed by atoms with van der Waals surface area (Å²) in [4.78, 5) is 0. The van der Waals surface area contributed by atoms with Gasteiger partial charge in [-0.2, -0.15) is 0 Å². The Labute approximate surface area is 48.1 Å². The minimum absolute atomic E-state index is 0.932. The molecule has 2 heteroatoms. The maximum absolute atomic E-state index is 5.04. The standard InChI is InChI=1S/C5H7ClO/c6-7-5-3-1-2-4-5/h3H,1-2,4H2. The van der Waals surface area contributed by atoms with E-state index < -0.39 is 0 Å². The molecule has 0 N–H and O–H groups in total. The van der Waals surface area contributed by atoms with Crippen molar-refractivity contribution in [3.8, 4) is 0 Å². The topological polar surface area (TPSA) is 9.23 Å². The molecule has 7 heavy (non-hydrogen) atoms. The third-order valence-corrected chi connectivity index (χ3v) is 1.30. The quantitative estimate of drug-likeness (QED) is 0.513. The van der Waals surface area contributed by atoms with Gasteiger partial charge in [-0.25, -0.2) is 0 Å². The fourth-order valence-electron chi connectivity index (χ4n) is 0.711. The molecule has 0 spiro atoms. The predicted molar refractivity (Wildman–Crippen MR) is 28.9 cm³/mol. The van der Waals surface area contributed by atoms with E-state index >= 15 is 0 Å². The van der Waals surface area contributed by atoms with E-state index in [0.717, 1.165) is 18.6 Å². The first-order valence-electron chi connectivity index (χ1n) is 2.41. The average Bonchev–Trinajstić information content (AvgIpc) is 2.14. The molecule has 1 aliphatic carbocycles. The molecule has 0 aliphatic heterocycles. The summed E-state index contributed by atoms with van der Waals surface area (Å²) in [7, 11) is 0. The van der Waals surface area contributed by atoms with Gasteiger partial charge in [0.25, 0.3) is 0 Å². The normalized spacial score (nSPS) is 19.3. The third-order valence-electron chi connectivity index (χ3n) is 1.10. The van der Waals surface area contributed by atoms with Crippen molar-refractivity contribution in [3.05, 3.63) is 11.8 Å². The van der Waals surface area contributed by atoms with Gasteiger partial charge in [0.05, 0.1) is 0 Å². The summed E-state index contributed by atoms with van der Waals surface area (Å²) in [5.74, 6) is 0.932. The van der Waals surface area contributed by atoms with Crippen molar-refractivity contribution in [1.29, 1.82) is 0 Å². The lowest BCUT2D eigenvalue weighted by Crippen LogP contribution is -1.70. The van der Waals surface area contributed by atoms with Crippen LogP contribution in [-0.2, 0) is 4.29 Å². The average molecular weight is 119 g/mol. The fourth-order valence-corrected chi connectivity index (χ4v) is 0.852. The van der Waals surface area contributed by atoms with E-state index in [9.17, 15) is 0 Å². The largest absolute Gasteiger partial charge is 0.391 e. The van der Waals surface area contributed by atoms with Crippen LogP contribution >= 0.6 is 11.9 Å². The van der Waals surface area contributed by atoms with Gasteiger partial charge in [-0.05, 0) is 18.9 Å². The van der Waals surface area contributed by atoms with Crippen molar-refractivity contribution in [1.82, 2.24) is 0 Å². The molecular weight excluding hydrogens is 112 g/mol. The summed E-state index contributed by atoms with van der Waals surface area (Å²) in [6.45, 7) is 0. The Balaban J connectivity index is 2.36. The summed E-state index contributed by atoms with van der Waals surface area (Å²) in [5, 5.41) is 0. The Bertz CT molecular complexity index is 88.1. The van der Waals surface area contributed by atoms with Crippen LogP contribution in [0.3, 0.4) is 0 Å². The van der Waals surface area contributed by atoms with Crippen LogP contribution in [0.15, 0.2) is 11.8 Å². The second kappa shape index (κ2) is 2.22. The monoisotopic (exact) mass is 118 g/mol. The molecule has 0 saturated carbocycles. The Morgan fingerprint density at radius 2 is 2.57 bits per heavy atom. The molecular formula is C5H7ClO. The predicted octanol–water partition coefficient (Wildman–Crippen LogP) is 2.22. The molecule has 0 unspecified atom stereocenters. The van der Waals surface area contributed by atoms with E-state index in [0.29, 0.717) is 0 Å². The number of halogens is 1. The highest BCUT2D eigenvalue weighted by atomic mass is 35.5. The fraction of sp³-hybridized carbons (Fsp3) is 0.600. The number of hydrogen-bond acceptors (Lipinski definition) is 1. The van der Waals surface area contributed by atoms with Gasteiger partial charge in [0.1, 0.15) is 17.6 Å². The van der Waals surface area contributed by atoms with Crippen molar-refractivity contribution in [2.45, 2.75) is 19.3 Å². The smallest absolute Gasteiger partial charge is 0.134 e. The second-order valence-corrected chi connectivity index (χ2v) is 1.79. The second-order valence-electron chi connectivity index (χ2n) is 1.64. The first-order valence-corrected chi connectivity index (χ1v) is 2.72. The Morgan fingerprint density at radius 3 is 2.86 bits per heavy atom. The van der Waals surface area contributed by atoms with Crippen LogP contribution in [0, 0.1) is 0 Å². The highest BCUT2D eigenvalue weighted by Gasteiger charge is 2.02. The first kappa shape index (κ1) is 4.98. The van der Waals surface area contributed by atoms with E-state index in [4.69, 9.17) is 11.9 Å². The molecule has 1 aliphatic rings. The molecule has 1 rings (SSSR count). The molecule has 0 saturated heterocycles. The van der Waals surface area contributed by atoms with Crippen LogP contribution in [0.1, 0.15) is 19.3 Å². The zero-order valence-electron chi connectivity index (χ0n) is 3.98. The zero-order valence-corrected chi connectivity index (χ0v) is 4.74. The van der Waals surface area contributed by atoms with Gasteiger partial charge in [0.2, 0.25) is 0 Å². The van der Waals surface area contributed by atoms with Crippen molar-refractivity contribution >= 4 is 11.9 Å². The molecule has 1 nitrogen and oxygen atoms in total. The first-order chi connectivity index (χ1) is 3.43. The van der Waals surface area contributed by atoms with E-state index in [1.165, 1.54) is 6.42 Å². The van der Waals surface area contributed by atoms with Crippen LogP contribution in [0.2, 0.25) is 0 Å². The summed E-state index contributed by atoms with van der Waals surface area (Å²) in [5.41, 5.74) is 0. The summed E-state index contributed by atoms with van der Waals surface area (Å²) < 4.78 is 4.44. The molecule has 0 aromatic heterocycles. The lowest BCUT2D eigenvalue weighted by atomic mass is 10.4. The van der Waals surface area contributed by atoms with Gasteiger partial charge in [-0.15, -0.1) is 0 Å². The number of rotatable bonds is 1. The Morgan fingerprint density at radius 1 is 1.71 bits per heavy atom. The highest BCUT2D eigenvalue weighted by molar-refractivity contribution is 6.08. The molecule has 0 fully saturated rings. The zero-order chi connectivity index (χ0) is 5.11. The van der Waals surface area contributed by atoms with E-state index in [2.05, 4.69) is 4.29 Å². The van der Waals surface area contributed by atoms with E-state index in [-0.39, 0.29) is 0 Å². The van der Waals surface area contributed by atoms with Crippen LogP contribution in [0.25, 0.3) is 0 Å². The maximum atomic E-state index is 5.04. The van der Waals surface area contributed by atoms with Crippen molar-refractivity contribution in [2.24, 2.45) is 0 Å². The molecule has 0 heterocycles. The third kappa shape index (κ3) is 1.10. The van der Waals surface area contributed by atoms with Crippen LogP contribution in [0.5, 0.6) is 0 Å². The summed E-state index contributed by atoms with van der Waals surface area (Å²) in [6.07, 6.45) is 5.36. The number of allylic oxidation sites excluding steroid dienone is 2. The van der Waals surface area contributed by atoms with Crippen molar-refractivity contribution in [3.63, 3.8) is 0 Å². The van der Waals surface area contributed by atoms with Crippen LogP contribution < -0.4 is 0 Å². The van der Waals surface area contributed by atoms with E-state index in [1.54, 1.807) is 0 Å². The van der Waals surface area contributed by atoms with Gasteiger partial charge < -0.3 is 4.29 Å². The van der Waals surface area contributed by atoms with Gasteiger partial charge in [-0.1, -0.05) is 0 Å². The minimum Gasteiger partial charge on any atom is -0.391 e. The molecule has 0 radical (unpaired) electrons. The number of hydrogen-bond donors (Lipinski definition) is 0. The van der Waals surface area contributed by atoms with Crippen LogP contribution in [-0.4, -0.2) is 0 Å².